The molecule has 7 heteroatoms. The number of halogens is 1. The van der Waals surface area contributed by atoms with E-state index in [0.29, 0.717) is 9.82 Å². The van der Waals surface area contributed by atoms with Gasteiger partial charge in [0, 0.05) is 16.1 Å². The monoisotopic (exact) mass is 368 g/mol. The van der Waals surface area contributed by atoms with Crippen molar-refractivity contribution in [3.63, 3.8) is 0 Å². The van der Waals surface area contributed by atoms with Crippen LogP contribution < -0.4 is 10.2 Å². The normalized spacial score (nSPS) is 11.1. The lowest BCUT2D eigenvalue weighted by atomic mass is 10.1. The third-order valence-corrected chi connectivity index (χ3v) is 4.46. The van der Waals surface area contributed by atoms with Gasteiger partial charge in [-0.3, -0.25) is 9.36 Å². The van der Waals surface area contributed by atoms with E-state index in [9.17, 15) is 4.79 Å². The van der Waals surface area contributed by atoms with Crippen molar-refractivity contribution in [3.05, 3.63) is 69.8 Å². The second-order valence-electron chi connectivity index (χ2n) is 5.06. The number of benzene rings is 2. The standard InChI is InChI=1S/C18H13ClN4OS/c19-14-8-6-13(7-9-14)16-12-25-18(22-21-17(24)10-11-20)23(16)15-4-2-1-3-5-15/h1-9,12H,10H2,(H,21,24)/b22-18-. The zero-order chi connectivity index (χ0) is 17.6. The first-order valence-corrected chi connectivity index (χ1v) is 8.66. The molecular formula is C18H13ClN4OS. The van der Waals surface area contributed by atoms with Gasteiger partial charge in [0.1, 0.15) is 6.42 Å². The number of nitrogens with one attached hydrogen (secondary N) is 1. The molecule has 25 heavy (non-hydrogen) atoms. The van der Waals surface area contributed by atoms with Crippen LogP contribution in [0.5, 0.6) is 0 Å². The Kier molecular flexibility index (Phi) is 5.29. The molecule has 0 aliphatic rings. The molecule has 0 saturated carbocycles. The van der Waals surface area contributed by atoms with E-state index in [1.807, 2.05) is 64.5 Å². The van der Waals surface area contributed by atoms with Crippen molar-refractivity contribution in [3.8, 4) is 23.0 Å². The summed E-state index contributed by atoms with van der Waals surface area (Å²) in [6.07, 6.45) is -0.232. The molecular weight excluding hydrogens is 356 g/mol. The summed E-state index contributed by atoms with van der Waals surface area (Å²) in [5.74, 6) is -0.441. The number of carbonyl (C=O) groups excluding carboxylic acids is 1. The number of hydrogen-bond acceptors (Lipinski definition) is 4. The maximum Gasteiger partial charge on any atom is 0.254 e. The van der Waals surface area contributed by atoms with E-state index in [1.165, 1.54) is 11.3 Å². The topological polar surface area (TPSA) is 70.2 Å². The molecule has 1 aromatic heterocycles. The summed E-state index contributed by atoms with van der Waals surface area (Å²) in [5, 5.41) is 15.4. The highest BCUT2D eigenvalue weighted by Crippen LogP contribution is 2.24. The van der Waals surface area contributed by atoms with E-state index in [0.717, 1.165) is 16.9 Å². The first-order chi connectivity index (χ1) is 12.2. The van der Waals surface area contributed by atoms with E-state index < -0.39 is 5.91 Å². The molecule has 0 spiro atoms. The van der Waals surface area contributed by atoms with E-state index in [-0.39, 0.29) is 6.42 Å². The third-order valence-electron chi connectivity index (χ3n) is 3.38. The van der Waals surface area contributed by atoms with Gasteiger partial charge in [0.15, 0.2) is 0 Å². The SMILES string of the molecule is N#CCC(=O)N/N=c1\scc(-c2ccc(Cl)cc2)n1-c1ccccc1. The summed E-state index contributed by atoms with van der Waals surface area (Å²) in [6.45, 7) is 0. The first-order valence-electron chi connectivity index (χ1n) is 7.40. The number of para-hydroxylation sites is 1. The second-order valence-corrected chi connectivity index (χ2v) is 6.34. The fourth-order valence-corrected chi connectivity index (χ4v) is 3.25. The van der Waals surface area contributed by atoms with Crippen molar-refractivity contribution in [2.45, 2.75) is 6.42 Å². The van der Waals surface area contributed by atoms with Crippen LogP contribution in [-0.4, -0.2) is 10.5 Å². The maximum atomic E-state index is 11.5. The highest BCUT2D eigenvalue weighted by atomic mass is 35.5. The van der Waals surface area contributed by atoms with E-state index in [1.54, 1.807) is 6.07 Å². The van der Waals surface area contributed by atoms with Crippen LogP contribution in [0.1, 0.15) is 6.42 Å². The zero-order valence-corrected chi connectivity index (χ0v) is 14.6. The van der Waals surface area contributed by atoms with Crippen molar-refractivity contribution >= 4 is 28.8 Å². The minimum Gasteiger partial charge on any atom is -0.284 e. The van der Waals surface area contributed by atoms with Crippen LogP contribution in [0.25, 0.3) is 16.9 Å². The Labute approximate surface area is 153 Å². The Balaban J connectivity index is 2.11. The van der Waals surface area contributed by atoms with E-state index >= 15 is 0 Å². The average molecular weight is 369 g/mol. The maximum absolute atomic E-state index is 11.5. The molecule has 2 aromatic carbocycles. The molecule has 0 atom stereocenters. The smallest absolute Gasteiger partial charge is 0.254 e. The Morgan fingerprint density at radius 2 is 1.92 bits per heavy atom. The quantitative estimate of drug-likeness (QED) is 0.713. The van der Waals surface area contributed by atoms with Gasteiger partial charge >= 0.3 is 0 Å². The number of thiazole rings is 1. The molecule has 1 N–H and O–H groups in total. The highest BCUT2D eigenvalue weighted by molar-refractivity contribution is 7.07. The number of rotatable bonds is 4. The Morgan fingerprint density at radius 3 is 2.60 bits per heavy atom. The molecule has 0 radical (unpaired) electrons. The van der Waals surface area contributed by atoms with E-state index in [2.05, 4.69) is 10.5 Å². The van der Waals surface area contributed by atoms with Crippen LogP contribution in [0.3, 0.4) is 0 Å². The fourth-order valence-electron chi connectivity index (χ4n) is 2.26. The second kappa shape index (κ2) is 7.79. The number of nitriles is 1. The Hall–Kier alpha value is -2.88. The largest absolute Gasteiger partial charge is 0.284 e. The van der Waals surface area contributed by atoms with Crippen LogP contribution in [0.15, 0.2) is 65.1 Å². The lowest BCUT2D eigenvalue weighted by Crippen LogP contribution is -2.23. The summed E-state index contributed by atoms with van der Waals surface area (Å²) >= 11 is 7.37. The van der Waals surface area contributed by atoms with Crippen molar-refractivity contribution < 1.29 is 4.79 Å². The molecule has 3 aromatic rings. The summed E-state index contributed by atoms with van der Waals surface area (Å²) in [5.41, 5.74) is 5.25. The molecule has 0 fully saturated rings. The molecule has 0 bridgehead atoms. The van der Waals surface area contributed by atoms with Gasteiger partial charge in [0.25, 0.3) is 5.91 Å². The predicted octanol–water partition coefficient (Wildman–Crippen LogP) is 3.70. The lowest BCUT2D eigenvalue weighted by Gasteiger charge is -2.09. The van der Waals surface area contributed by atoms with Gasteiger partial charge in [-0.1, -0.05) is 41.9 Å². The number of carbonyl (C=O) groups is 1. The number of hydrogen-bond donors (Lipinski definition) is 1. The highest BCUT2D eigenvalue weighted by Gasteiger charge is 2.10. The molecule has 0 saturated heterocycles. The van der Waals surface area contributed by atoms with Gasteiger partial charge in [0.2, 0.25) is 4.80 Å². The van der Waals surface area contributed by atoms with Crippen LogP contribution in [0.4, 0.5) is 0 Å². The van der Waals surface area contributed by atoms with Crippen LogP contribution >= 0.6 is 22.9 Å². The summed E-state index contributed by atoms with van der Waals surface area (Å²) in [7, 11) is 0. The molecule has 5 nitrogen and oxygen atoms in total. The minimum absolute atomic E-state index is 0.232. The van der Waals surface area contributed by atoms with Crippen molar-refractivity contribution in [2.24, 2.45) is 5.10 Å². The average Bonchev–Trinajstić information content (AvgIpc) is 3.05. The summed E-state index contributed by atoms with van der Waals surface area (Å²) in [4.78, 5) is 12.1. The first kappa shape index (κ1) is 17.0. The van der Waals surface area contributed by atoms with Gasteiger partial charge in [-0.2, -0.15) is 5.26 Å². The predicted molar refractivity (Wildman–Crippen MR) is 98.0 cm³/mol. The molecule has 0 aliphatic carbocycles. The zero-order valence-electron chi connectivity index (χ0n) is 13.0. The van der Waals surface area contributed by atoms with Crippen LogP contribution in [0, 0.1) is 11.3 Å². The van der Waals surface area contributed by atoms with Gasteiger partial charge in [-0.25, -0.2) is 5.43 Å². The molecule has 0 unspecified atom stereocenters. The molecule has 3 rings (SSSR count). The Morgan fingerprint density at radius 1 is 1.20 bits per heavy atom. The van der Waals surface area contributed by atoms with Crippen molar-refractivity contribution in [2.75, 3.05) is 0 Å². The molecule has 1 amide bonds. The summed E-state index contributed by atoms with van der Waals surface area (Å²) in [6, 6.07) is 19.0. The summed E-state index contributed by atoms with van der Waals surface area (Å²) < 4.78 is 1.94. The van der Waals surface area contributed by atoms with Crippen molar-refractivity contribution in [1.29, 1.82) is 5.26 Å². The van der Waals surface area contributed by atoms with Gasteiger partial charge < -0.3 is 0 Å². The third kappa shape index (κ3) is 3.97. The van der Waals surface area contributed by atoms with Crippen LogP contribution in [0.2, 0.25) is 5.02 Å². The number of amides is 1. The Bertz CT molecular complexity index is 984. The minimum atomic E-state index is -0.441. The lowest BCUT2D eigenvalue weighted by molar-refractivity contribution is -0.120. The molecule has 1 heterocycles. The molecule has 0 aliphatic heterocycles. The number of aromatic nitrogens is 1. The van der Waals surface area contributed by atoms with Gasteiger partial charge in [-0.05, 0) is 29.8 Å². The van der Waals surface area contributed by atoms with Gasteiger partial charge in [0.05, 0.1) is 11.8 Å². The van der Waals surface area contributed by atoms with E-state index in [4.69, 9.17) is 16.9 Å². The van der Waals surface area contributed by atoms with Crippen LogP contribution in [-0.2, 0) is 4.79 Å². The van der Waals surface area contributed by atoms with Gasteiger partial charge in [-0.15, -0.1) is 16.4 Å². The molecule has 124 valence electrons. The van der Waals surface area contributed by atoms with Crippen molar-refractivity contribution in [1.82, 2.24) is 9.99 Å². The fraction of sp³-hybridized carbons (Fsp3) is 0.0556. The number of nitrogens with zero attached hydrogens (tertiary/aromatic N) is 3.